The van der Waals surface area contributed by atoms with E-state index in [0.717, 1.165) is 30.5 Å². The lowest BCUT2D eigenvalue weighted by atomic mass is 10.1. The number of pyridine rings is 1. The van der Waals surface area contributed by atoms with Crippen molar-refractivity contribution in [2.75, 3.05) is 4.72 Å². The van der Waals surface area contributed by atoms with E-state index in [4.69, 9.17) is 5.11 Å². The van der Waals surface area contributed by atoms with Crippen LogP contribution in [0.4, 0.5) is 18.9 Å². The number of hydrogen-bond donors (Lipinski definition) is 2. The Balaban J connectivity index is 2.20. The Morgan fingerprint density at radius 1 is 1.21 bits per heavy atom. The number of sulfonamides is 1. The minimum Gasteiger partial charge on any atom is -0.477 e. The Hall–Kier alpha value is -2.62. The van der Waals surface area contributed by atoms with E-state index in [9.17, 15) is 26.4 Å². The van der Waals surface area contributed by atoms with E-state index in [0.29, 0.717) is 0 Å². The molecule has 2 N–H and O–H groups in total. The Kier molecular flexibility index (Phi) is 4.78. The minimum absolute atomic E-state index is 0.0469. The van der Waals surface area contributed by atoms with Crippen LogP contribution in [0.25, 0.3) is 0 Å². The third kappa shape index (κ3) is 4.69. The van der Waals surface area contributed by atoms with Crippen molar-refractivity contribution in [1.29, 1.82) is 0 Å². The molecule has 0 fully saturated rings. The van der Waals surface area contributed by atoms with Crippen molar-refractivity contribution in [3.63, 3.8) is 0 Å². The molecule has 2 rings (SSSR count). The number of hydrogen-bond acceptors (Lipinski definition) is 4. The highest BCUT2D eigenvalue weighted by Gasteiger charge is 2.30. The number of anilines is 1. The van der Waals surface area contributed by atoms with Gasteiger partial charge in [0, 0.05) is 6.20 Å². The lowest BCUT2D eigenvalue weighted by molar-refractivity contribution is -0.137. The molecule has 0 aliphatic carbocycles. The number of benzene rings is 1. The van der Waals surface area contributed by atoms with Crippen LogP contribution in [0.3, 0.4) is 0 Å². The first-order valence-corrected chi connectivity index (χ1v) is 8.08. The zero-order valence-corrected chi connectivity index (χ0v) is 12.7. The number of halogens is 3. The molecule has 0 aliphatic rings. The van der Waals surface area contributed by atoms with Gasteiger partial charge in [0.2, 0.25) is 10.0 Å². The van der Waals surface area contributed by atoms with Gasteiger partial charge in [-0.2, -0.15) is 13.2 Å². The number of rotatable bonds is 5. The Labute approximate surface area is 135 Å². The summed E-state index contributed by atoms with van der Waals surface area (Å²) in [5, 5.41) is 8.80. The van der Waals surface area contributed by atoms with Gasteiger partial charge in [-0.25, -0.2) is 18.2 Å². The van der Waals surface area contributed by atoms with Crippen molar-refractivity contribution in [3.8, 4) is 0 Å². The predicted molar refractivity (Wildman–Crippen MR) is 78.9 cm³/mol. The third-order valence-corrected chi connectivity index (χ3v) is 4.12. The van der Waals surface area contributed by atoms with Gasteiger partial charge in [-0.15, -0.1) is 0 Å². The number of aromatic nitrogens is 1. The van der Waals surface area contributed by atoms with Crippen LogP contribution in [0.15, 0.2) is 42.6 Å². The summed E-state index contributed by atoms with van der Waals surface area (Å²) >= 11 is 0. The average molecular weight is 360 g/mol. The molecule has 6 nitrogen and oxygen atoms in total. The van der Waals surface area contributed by atoms with Crippen LogP contribution in [-0.2, 0) is 22.0 Å². The third-order valence-electron chi connectivity index (χ3n) is 2.86. The molecule has 0 unspecified atom stereocenters. The quantitative estimate of drug-likeness (QED) is 0.855. The smallest absolute Gasteiger partial charge is 0.416 e. The van der Waals surface area contributed by atoms with Gasteiger partial charge in [0.25, 0.3) is 0 Å². The van der Waals surface area contributed by atoms with Gasteiger partial charge in [0.1, 0.15) is 5.69 Å². The lowest BCUT2D eigenvalue weighted by Crippen LogP contribution is -2.16. The molecule has 0 radical (unpaired) electrons. The summed E-state index contributed by atoms with van der Waals surface area (Å²) in [4.78, 5) is 14.3. The summed E-state index contributed by atoms with van der Waals surface area (Å²) in [5.41, 5.74) is -1.42. The maximum absolute atomic E-state index is 12.6. The molecule has 2 aromatic rings. The summed E-state index contributed by atoms with van der Waals surface area (Å²) < 4.78 is 64.1. The summed E-state index contributed by atoms with van der Waals surface area (Å²) in [5.74, 6) is -2.03. The molecule has 0 aliphatic heterocycles. The van der Waals surface area contributed by atoms with Gasteiger partial charge in [-0.1, -0.05) is 18.2 Å². The molecular formula is C14H11F3N2O4S. The van der Waals surface area contributed by atoms with E-state index in [-0.39, 0.29) is 16.9 Å². The molecule has 1 aromatic heterocycles. The van der Waals surface area contributed by atoms with E-state index >= 15 is 0 Å². The maximum atomic E-state index is 12.6. The van der Waals surface area contributed by atoms with Crippen molar-refractivity contribution in [2.24, 2.45) is 0 Å². The summed E-state index contributed by atoms with van der Waals surface area (Å²) in [7, 11) is -4.03. The van der Waals surface area contributed by atoms with Gasteiger partial charge in [-0.05, 0) is 23.8 Å². The molecule has 10 heteroatoms. The second-order valence-electron chi connectivity index (χ2n) is 4.79. The van der Waals surface area contributed by atoms with Crippen LogP contribution in [0.2, 0.25) is 0 Å². The van der Waals surface area contributed by atoms with Crippen molar-refractivity contribution in [2.45, 2.75) is 11.9 Å². The Morgan fingerprint density at radius 3 is 2.54 bits per heavy atom. The number of alkyl halides is 3. The van der Waals surface area contributed by atoms with Gasteiger partial charge >= 0.3 is 12.1 Å². The summed E-state index contributed by atoms with van der Waals surface area (Å²) in [6.07, 6.45) is -3.47. The number of carbonyl (C=O) groups is 1. The number of aromatic carboxylic acids is 1. The van der Waals surface area contributed by atoms with Crippen LogP contribution in [0, 0.1) is 0 Å². The number of nitrogens with zero attached hydrogens (tertiary/aromatic N) is 1. The zero-order valence-electron chi connectivity index (χ0n) is 11.9. The lowest BCUT2D eigenvalue weighted by Gasteiger charge is -2.11. The van der Waals surface area contributed by atoms with Gasteiger partial charge in [-0.3, -0.25) is 4.72 Å². The monoisotopic (exact) mass is 360 g/mol. The highest BCUT2D eigenvalue weighted by molar-refractivity contribution is 7.91. The van der Waals surface area contributed by atoms with Crippen LogP contribution in [-0.4, -0.2) is 24.5 Å². The van der Waals surface area contributed by atoms with E-state index in [1.54, 1.807) is 0 Å². The van der Waals surface area contributed by atoms with Crippen molar-refractivity contribution < 1.29 is 31.5 Å². The van der Waals surface area contributed by atoms with Gasteiger partial charge in [0.05, 0.1) is 17.0 Å². The molecule has 0 spiro atoms. The topological polar surface area (TPSA) is 96.4 Å². The molecule has 0 saturated carbocycles. The Bertz CT molecular complexity index is 866. The van der Waals surface area contributed by atoms with Crippen molar-refractivity contribution >= 4 is 21.7 Å². The van der Waals surface area contributed by atoms with Crippen LogP contribution in [0.1, 0.15) is 21.6 Å². The van der Waals surface area contributed by atoms with E-state index < -0.39 is 33.5 Å². The van der Waals surface area contributed by atoms with Crippen LogP contribution in [0.5, 0.6) is 0 Å². The number of carboxylic acid groups (broad SMARTS) is 1. The maximum Gasteiger partial charge on any atom is 0.416 e. The molecule has 128 valence electrons. The first-order chi connectivity index (χ1) is 11.1. The second kappa shape index (κ2) is 6.48. The Morgan fingerprint density at radius 2 is 1.92 bits per heavy atom. The molecule has 0 atom stereocenters. The summed E-state index contributed by atoms with van der Waals surface area (Å²) in [6.45, 7) is 0. The molecule has 1 aromatic carbocycles. The predicted octanol–water partition coefficient (Wildman–Crippen LogP) is 2.74. The highest BCUT2D eigenvalue weighted by Crippen LogP contribution is 2.30. The van der Waals surface area contributed by atoms with E-state index in [1.165, 1.54) is 12.1 Å². The van der Waals surface area contributed by atoms with Crippen molar-refractivity contribution in [3.05, 3.63) is 59.4 Å². The first-order valence-electron chi connectivity index (χ1n) is 6.43. The number of carboxylic acids is 1. The highest BCUT2D eigenvalue weighted by atomic mass is 32.2. The second-order valence-corrected chi connectivity index (χ2v) is 6.52. The normalized spacial score (nSPS) is 12.0. The molecule has 0 saturated heterocycles. The van der Waals surface area contributed by atoms with Gasteiger partial charge in [0.15, 0.2) is 0 Å². The molecular weight excluding hydrogens is 349 g/mol. The molecule has 1 heterocycles. The van der Waals surface area contributed by atoms with Crippen molar-refractivity contribution in [1.82, 2.24) is 4.98 Å². The SMILES string of the molecule is O=C(O)c1cc(NS(=O)(=O)Cc2cccc(C(F)(F)F)c2)ccn1. The fourth-order valence-electron chi connectivity index (χ4n) is 1.88. The standard InChI is InChI=1S/C14H11F3N2O4S/c15-14(16,17)10-3-1-2-9(6-10)8-24(22,23)19-11-4-5-18-12(7-11)13(20)21/h1-7H,8H2,(H,18,19)(H,20,21). The largest absolute Gasteiger partial charge is 0.477 e. The van der Waals surface area contributed by atoms with Crippen LogP contribution < -0.4 is 4.72 Å². The molecule has 0 amide bonds. The number of nitrogens with one attached hydrogen (secondary N) is 1. The van der Waals surface area contributed by atoms with Gasteiger partial charge < -0.3 is 5.11 Å². The average Bonchev–Trinajstić information content (AvgIpc) is 2.45. The first kappa shape index (κ1) is 17.7. The molecule has 24 heavy (non-hydrogen) atoms. The van der Waals surface area contributed by atoms with E-state index in [2.05, 4.69) is 9.71 Å². The minimum atomic E-state index is -4.57. The fourth-order valence-corrected chi connectivity index (χ4v) is 3.06. The molecule has 0 bridgehead atoms. The fraction of sp³-hybridized carbons (Fsp3) is 0.143. The summed E-state index contributed by atoms with van der Waals surface area (Å²) in [6, 6.07) is 6.19. The zero-order chi connectivity index (χ0) is 18.0. The van der Waals surface area contributed by atoms with E-state index in [1.807, 2.05) is 0 Å². The van der Waals surface area contributed by atoms with Crippen LogP contribution >= 0.6 is 0 Å².